The van der Waals surface area contributed by atoms with Crippen LogP contribution in [0.4, 0.5) is 11.8 Å². The van der Waals surface area contributed by atoms with Gasteiger partial charge in [-0.05, 0) is 37.2 Å². The third-order valence-corrected chi connectivity index (χ3v) is 5.64. The quantitative estimate of drug-likeness (QED) is 0.573. The molecule has 0 unspecified atom stereocenters. The van der Waals surface area contributed by atoms with Crippen LogP contribution in [0.1, 0.15) is 25.3 Å². The largest absolute Gasteiger partial charge is 0.508 e. The Morgan fingerprint density at radius 2 is 2.07 bits per heavy atom. The van der Waals surface area contributed by atoms with Crippen molar-refractivity contribution in [2.24, 2.45) is 0 Å². The van der Waals surface area contributed by atoms with Gasteiger partial charge in [0, 0.05) is 37.3 Å². The van der Waals surface area contributed by atoms with Crippen LogP contribution in [0.2, 0.25) is 0 Å². The molecule has 0 atom stereocenters. The van der Waals surface area contributed by atoms with Gasteiger partial charge in [0.25, 0.3) is 0 Å². The monoisotopic (exact) mass is 413 g/mol. The number of benzene rings is 1. The van der Waals surface area contributed by atoms with E-state index in [2.05, 4.69) is 22.0 Å². The zero-order chi connectivity index (χ0) is 20.2. The third-order valence-electron chi connectivity index (χ3n) is 5.28. The van der Waals surface area contributed by atoms with E-state index in [1.54, 1.807) is 12.1 Å². The molecule has 1 saturated heterocycles. The Labute approximate surface area is 176 Å². The zero-order valence-electron chi connectivity index (χ0n) is 16.7. The van der Waals surface area contributed by atoms with E-state index in [4.69, 9.17) is 26.9 Å². The Hall–Kier alpha value is -2.45. The molecule has 29 heavy (non-hydrogen) atoms. The number of phenolic OH excluding ortho intramolecular Hbond substituents is 1. The first-order chi connectivity index (χ1) is 14.2. The number of thiocarbonyl (C=S) groups is 1. The van der Waals surface area contributed by atoms with Crippen LogP contribution >= 0.6 is 12.2 Å². The molecule has 8 heteroatoms. The molecule has 1 fully saturated rings. The van der Waals surface area contributed by atoms with Gasteiger partial charge in [-0.15, -0.1) is 0 Å². The maximum Gasteiger partial charge on any atom is 0.228 e. The average molecular weight is 414 g/mol. The number of aromatic hydroxyl groups is 1. The fraction of sp³-hybridized carbons (Fsp3) is 0.476. The highest BCUT2D eigenvalue weighted by Gasteiger charge is 2.30. The summed E-state index contributed by atoms with van der Waals surface area (Å²) in [5.41, 5.74) is 2.84. The van der Waals surface area contributed by atoms with Gasteiger partial charge < -0.3 is 25.0 Å². The van der Waals surface area contributed by atoms with E-state index in [0.717, 1.165) is 68.1 Å². The molecule has 0 bridgehead atoms. The van der Waals surface area contributed by atoms with E-state index in [1.165, 1.54) is 0 Å². The zero-order valence-corrected chi connectivity index (χ0v) is 17.5. The average Bonchev–Trinajstić information content (AvgIpc) is 3.18. The molecule has 3 heterocycles. The second kappa shape index (κ2) is 8.92. The lowest BCUT2D eigenvalue weighted by Gasteiger charge is -2.28. The topological polar surface area (TPSA) is 73.8 Å². The van der Waals surface area contributed by atoms with E-state index in [-0.39, 0.29) is 5.75 Å². The Morgan fingerprint density at radius 1 is 1.24 bits per heavy atom. The summed E-state index contributed by atoms with van der Waals surface area (Å²) in [6, 6.07) is 7.25. The van der Waals surface area contributed by atoms with Crippen molar-refractivity contribution >= 4 is 29.1 Å². The molecule has 0 saturated carbocycles. The summed E-state index contributed by atoms with van der Waals surface area (Å²) in [7, 11) is 0. The number of unbranched alkanes of at least 4 members (excludes halogenated alkanes) is 1. The fourth-order valence-electron chi connectivity index (χ4n) is 3.71. The van der Waals surface area contributed by atoms with Crippen molar-refractivity contribution < 1.29 is 9.84 Å². The van der Waals surface area contributed by atoms with Gasteiger partial charge in [-0.25, -0.2) is 4.98 Å². The maximum atomic E-state index is 9.99. The SMILES string of the molecule is CCCCNC(=S)N1CCc2c(-c3cccc(O)c3)nc(N3CCOCC3)nc21. The van der Waals surface area contributed by atoms with E-state index < -0.39 is 0 Å². The number of nitrogens with one attached hydrogen (secondary N) is 1. The van der Waals surface area contributed by atoms with Crippen molar-refractivity contribution in [1.82, 2.24) is 15.3 Å². The van der Waals surface area contributed by atoms with Gasteiger partial charge in [-0.3, -0.25) is 0 Å². The molecule has 2 aromatic rings. The Balaban J connectivity index is 1.73. The summed E-state index contributed by atoms with van der Waals surface area (Å²) in [6.45, 7) is 6.67. The van der Waals surface area contributed by atoms with Gasteiger partial charge in [-0.1, -0.05) is 25.5 Å². The third kappa shape index (κ3) is 4.28. The minimum absolute atomic E-state index is 0.231. The fourth-order valence-corrected chi connectivity index (χ4v) is 3.99. The molecular formula is C21H27N5O2S. The van der Waals surface area contributed by atoms with E-state index in [1.807, 2.05) is 12.1 Å². The minimum Gasteiger partial charge on any atom is -0.508 e. The molecule has 0 spiro atoms. The molecule has 0 amide bonds. The van der Waals surface area contributed by atoms with Crippen LogP contribution in [0.15, 0.2) is 24.3 Å². The second-order valence-corrected chi connectivity index (χ2v) is 7.70. The van der Waals surface area contributed by atoms with E-state index >= 15 is 0 Å². The first kappa shape index (κ1) is 19.8. The molecular weight excluding hydrogens is 386 g/mol. The number of ether oxygens (including phenoxy) is 1. The molecule has 1 aromatic carbocycles. The highest BCUT2D eigenvalue weighted by Crippen LogP contribution is 2.36. The first-order valence-electron chi connectivity index (χ1n) is 10.3. The number of rotatable bonds is 5. The summed E-state index contributed by atoms with van der Waals surface area (Å²) in [6.07, 6.45) is 3.02. The van der Waals surface area contributed by atoms with Crippen molar-refractivity contribution in [3.05, 3.63) is 29.8 Å². The van der Waals surface area contributed by atoms with Crippen molar-refractivity contribution in [1.29, 1.82) is 0 Å². The number of fused-ring (bicyclic) bond motifs is 1. The van der Waals surface area contributed by atoms with Gasteiger partial charge in [0.05, 0.1) is 18.9 Å². The molecule has 4 rings (SSSR count). The molecule has 1 aromatic heterocycles. The predicted molar refractivity (Wildman–Crippen MR) is 119 cm³/mol. The van der Waals surface area contributed by atoms with Crippen molar-refractivity contribution in [2.45, 2.75) is 26.2 Å². The summed E-state index contributed by atoms with van der Waals surface area (Å²) in [5.74, 6) is 1.79. The van der Waals surface area contributed by atoms with Crippen molar-refractivity contribution in [3.8, 4) is 17.0 Å². The maximum absolute atomic E-state index is 9.99. The standard InChI is InChI=1S/C21H27N5O2S/c1-2-3-8-22-21(29)26-9-7-17-18(15-5-4-6-16(27)14-15)23-20(24-19(17)26)25-10-12-28-13-11-25/h4-6,14,27H,2-3,7-13H2,1H3,(H,22,29). The summed E-state index contributed by atoms with van der Waals surface area (Å²) in [4.78, 5) is 14.1. The van der Waals surface area contributed by atoms with Gasteiger partial charge >= 0.3 is 0 Å². The van der Waals surface area contributed by atoms with Crippen LogP contribution in [-0.2, 0) is 11.2 Å². The normalized spacial score (nSPS) is 16.0. The Bertz CT molecular complexity index is 885. The summed E-state index contributed by atoms with van der Waals surface area (Å²) < 4.78 is 5.49. The number of morpholine rings is 1. The van der Waals surface area contributed by atoms with E-state index in [0.29, 0.717) is 24.3 Å². The number of hydrogen-bond donors (Lipinski definition) is 2. The van der Waals surface area contributed by atoms with Gasteiger partial charge in [0.1, 0.15) is 11.6 Å². The van der Waals surface area contributed by atoms with Crippen molar-refractivity contribution in [3.63, 3.8) is 0 Å². The lowest BCUT2D eigenvalue weighted by molar-refractivity contribution is 0.122. The minimum atomic E-state index is 0.231. The number of anilines is 2. The molecule has 154 valence electrons. The van der Waals surface area contributed by atoms with Crippen molar-refractivity contribution in [2.75, 3.05) is 49.2 Å². The highest BCUT2D eigenvalue weighted by molar-refractivity contribution is 7.80. The molecule has 7 nitrogen and oxygen atoms in total. The Morgan fingerprint density at radius 3 is 2.83 bits per heavy atom. The first-order valence-corrected chi connectivity index (χ1v) is 10.7. The van der Waals surface area contributed by atoms with E-state index in [9.17, 15) is 5.11 Å². The van der Waals surface area contributed by atoms with Crippen LogP contribution in [-0.4, -0.2) is 59.6 Å². The lowest BCUT2D eigenvalue weighted by atomic mass is 10.1. The number of aromatic nitrogens is 2. The van der Waals surface area contributed by atoms with Crippen LogP contribution in [0.5, 0.6) is 5.75 Å². The number of nitrogens with zero attached hydrogens (tertiary/aromatic N) is 4. The van der Waals surface area contributed by atoms with Crippen LogP contribution < -0.4 is 15.1 Å². The van der Waals surface area contributed by atoms with Gasteiger partial charge in [-0.2, -0.15) is 4.98 Å². The smallest absolute Gasteiger partial charge is 0.228 e. The molecule has 2 aliphatic heterocycles. The van der Waals surface area contributed by atoms with Crippen LogP contribution in [0.3, 0.4) is 0 Å². The second-order valence-electron chi connectivity index (χ2n) is 7.31. The predicted octanol–water partition coefficient (Wildman–Crippen LogP) is 2.72. The van der Waals surface area contributed by atoms with Crippen LogP contribution in [0.25, 0.3) is 11.3 Å². The Kier molecular flexibility index (Phi) is 6.10. The van der Waals surface area contributed by atoms with Crippen LogP contribution in [0, 0.1) is 0 Å². The lowest BCUT2D eigenvalue weighted by Crippen LogP contribution is -2.40. The van der Waals surface area contributed by atoms with Gasteiger partial charge in [0.15, 0.2) is 5.11 Å². The number of hydrogen-bond acceptors (Lipinski definition) is 6. The highest BCUT2D eigenvalue weighted by atomic mass is 32.1. The summed E-state index contributed by atoms with van der Waals surface area (Å²) >= 11 is 5.66. The van der Waals surface area contributed by atoms with Gasteiger partial charge in [0.2, 0.25) is 5.95 Å². The molecule has 0 aliphatic carbocycles. The summed E-state index contributed by atoms with van der Waals surface area (Å²) in [5, 5.41) is 14.1. The molecule has 0 radical (unpaired) electrons. The molecule has 2 aliphatic rings. The molecule has 2 N–H and O–H groups in total. The number of phenols is 1.